The van der Waals surface area contributed by atoms with Crippen LogP contribution in [0.15, 0.2) is 17.4 Å². The van der Waals surface area contributed by atoms with Crippen LogP contribution in [0.1, 0.15) is 92.3 Å². The summed E-state index contributed by atoms with van der Waals surface area (Å²) in [5.74, 6) is 2.45. The zero-order valence-corrected chi connectivity index (χ0v) is 24.3. The number of thiazole rings is 1. The SMILES string of the molecule is CC.CO/N=C1\CC(CCC(=O)Nc2ncc(C)s2)C2C3CCc4c(cc(C)c(O)c4C)C3CCC12C. The molecule has 202 valence electrons. The van der Waals surface area contributed by atoms with Gasteiger partial charge in [0, 0.05) is 22.9 Å². The molecule has 7 heteroatoms. The molecular formula is C30H43N3O3S. The highest BCUT2D eigenvalue weighted by atomic mass is 32.1. The fourth-order valence-electron chi connectivity index (χ4n) is 7.60. The summed E-state index contributed by atoms with van der Waals surface area (Å²) in [6, 6.07) is 2.24. The van der Waals surface area contributed by atoms with Crippen LogP contribution in [-0.2, 0) is 16.1 Å². The molecule has 5 rings (SSSR count). The first-order valence-electron chi connectivity index (χ1n) is 13.9. The average molecular weight is 526 g/mol. The Balaban J connectivity index is 0.00000156. The maximum atomic E-state index is 12.8. The van der Waals surface area contributed by atoms with Gasteiger partial charge in [0.05, 0.1) is 5.71 Å². The summed E-state index contributed by atoms with van der Waals surface area (Å²) in [6.07, 6.45) is 8.40. The van der Waals surface area contributed by atoms with E-state index in [2.05, 4.69) is 35.4 Å². The number of fused-ring (bicyclic) bond motifs is 5. The normalized spacial score (nSPS) is 29.0. The van der Waals surface area contributed by atoms with Gasteiger partial charge in [-0.2, -0.15) is 0 Å². The second-order valence-corrected chi connectivity index (χ2v) is 12.3. The lowest BCUT2D eigenvalue weighted by Crippen LogP contribution is -2.44. The molecule has 5 atom stereocenters. The molecule has 0 spiro atoms. The van der Waals surface area contributed by atoms with Gasteiger partial charge in [-0.15, -0.1) is 11.3 Å². The Labute approximate surface area is 225 Å². The molecule has 0 saturated heterocycles. The zero-order chi connectivity index (χ0) is 26.9. The van der Waals surface area contributed by atoms with Crippen molar-refractivity contribution in [3.63, 3.8) is 0 Å². The first-order chi connectivity index (χ1) is 17.7. The van der Waals surface area contributed by atoms with Gasteiger partial charge in [0.15, 0.2) is 5.13 Å². The lowest BCUT2D eigenvalue weighted by Gasteiger charge is -2.50. The van der Waals surface area contributed by atoms with Crippen molar-refractivity contribution in [2.75, 3.05) is 12.4 Å². The van der Waals surface area contributed by atoms with Gasteiger partial charge in [0.25, 0.3) is 0 Å². The van der Waals surface area contributed by atoms with Crippen LogP contribution in [0.3, 0.4) is 0 Å². The Morgan fingerprint density at radius 3 is 2.73 bits per heavy atom. The molecule has 1 aromatic carbocycles. The minimum absolute atomic E-state index is 0.0171. The molecule has 3 aliphatic rings. The Kier molecular flexibility index (Phi) is 8.32. The van der Waals surface area contributed by atoms with E-state index in [1.54, 1.807) is 13.3 Å². The van der Waals surface area contributed by atoms with Gasteiger partial charge in [0.2, 0.25) is 5.91 Å². The second-order valence-electron chi connectivity index (χ2n) is 11.1. The van der Waals surface area contributed by atoms with Crippen LogP contribution >= 0.6 is 11.3 Å². The molecule has 2 aromatic rings. The zero-order valence-electron chi connectivity index (χ0n) is 23.5. The number of carbonyl (C=O) groups excluding carboxylic acids is 1. The van der Waals surface area contributed by atoms with Gasteiger partial charge in [-0.25, -0.2) is 4.98 Å². The molecule has 0 bridgehead atoms. The van der Waals surface area contributed by atoms with E-state index in [-0.39, 0.29) is 11.3 Å². The van der Waals surface area contributed by atoms with E-state index in [1.165, 1.54) is 28.2 Å². The summed E-state index contributed by atoms with van der Waals surface area (Å²) in [5, 5.41) is 18.7. The summed E-state index contributed by atoms with van der Waals surface area (Å²) in [7, 11) is 1.64. The van der Waals surface area contributed by atoms with Crippen molar-refractivity contribution >= 4 is 28.1 Å². The number of nitrogens with zero attached hydrogens (tertiary/aromatic N) is 2. The number of hydrogen-bond acceptors (Lipinski definition) is 6. The lowest BCUT2D eigenvalue weighted by molar-refractivity contribution is -0.116. The van der Waals surface area contributed by atoms with Crippen molar-refractivity contribution in [1.29, 1.82) is 0 Å². The third kappa shape index (κ3) is 5.04. The smallest absolute Gasteiger partial charge is 0.226 e. The monoisotopic (exact) mass is 525 g/mol. The number of amides is 1. The van der Waals surface area contributed by atoms with Crippen molar-refractivity contribution in [3.05, 3.63) is 39.4 Å². The number of aromatic nitrogens is 1. The Bertz CT molecular complexity index is 1170. The van der Waals surface area contributed by atoms with E-state index >= 15 is 0 Å². The topological polar surface area (TPSA) is 83.8 Å². The van der Waals surface area contributed by atoms with Crippen LogP contribution in [0, 0.1) is 43.9 Å². The van der Waals surface area contributed by atoms with Crippen LogP contribution in [0.4, 0.5) is 5.13 Å². The molecule has 2 saturated carbocycles. The number of hydrogen-bond donors (Lipinski definition) is 2. The molecule has 1 aromatic heterocycles. The fraction of sp³-hybridized carbons (Fsp3) is 0.633. The van der Waals surface area contributed by atoms with Gasteiger partial charge in [-0.1, -0.05) is 32.0 Å². The third-order valence-electron chi connectivity index (χ3n) is 9.15. The molecular weight excluding hydrogens is 482 g/mol. The summed E-state index contributed by atoms with van der Waals surface area (Å²) < 4.78 is 0. The molecule has 0 aliphatic heterocycles. The van der Waals surface area contributed by atoms with Crippen LogP contribution in [0.5, 0.6) is 5.75 Å². The van der Waals surface area contributed by atoms with Gasteiger partial charge in [0.1, 0.15) is 12.9 Å². The highest BCUT2D eigenvalue weighted by molar-refractivity contribution is 7.15. The highest BCUT2D eigenvalue weighted by Gasteiger charge is 2.57. The number of nitrogens with one attached hydrogen (secondary N) is 1. The molecule has 2 N–H and O–H groups in total. The Morgan fingerprint density at radius 2 is 2.05 bits per heavy atom. The molecule has 3 aliphatic carbocycles. The van der Waals surface area contributed by atoms with Gasteiger partial charge in [-0.05, 0) is 105 Å². The lowest BCUT2D eigenvalue weighted by atomic mass is 9.53. The number of aryl methyl sites for hydroxylation is 2. The molecule has 6 nitrogen and oxygen atoms in total. The van der Waals surface area contributed by atoms with E-state index in [1.807, 2.05) is 27.7 Å². The largest absolute Gasteiger partial charge is 0.507 e. The molecule has 0 radical (unpaired) electrons. The number of aromatic hydroxyl groups is 1. The summed E-state index contributed by atoms with van der Waals surface area (Å²) >= 11 is 1.51. The number of phenols is 1. The fourth-order valence-corrected chi connectivity index (χ4v) is 8.28. The highest BCUT2D eigenvalue weighted by Crippen LogP contribution is 2.63. The van der Waals surface area contributed by atoms with E-state index in [4.69, 9.17) is 4.84 Å². The van der Waals surface area contributed by atoms with Gasteiger partial charge >= 0.3 is 0 Å². The van der Waals surface area contributed by atoms with E-state index < -0.39 is 0 Å². The van der Waals surface area contributed by atoms with Gasteiger partial charge < -0.3 is 15.3 Å². The maximum absolute atomic E-state index is 12.8. The summed E-state index contributed by atoms with van der Waals surface area (Å²) in [4.78, 5) is 23.4. The minimum atomic E-state index is 0.0171. The van der Waals surface area contributed by atoms with E-state index in [0.717, 1.165) is 54.5 Å². The molecule has 5 unspecified atom stereocenters. The number of oxime groups is 1. The van der Waals surface area contributed by atoms with Crippen molar-refractivity contribution in [1.82, 2.24) is 4.98 Å². The summed E-state index contributed by atoms with van der Waals surface area (Å²) in [6.45, 7) is 12.5. The Morgan fingerprint density at radius 1 is 1.30 bits per heavy atom. The Hall–Kier alpha value is -2.41. The number of anilines is 1. The van der Waals surface area contributed by atoms with E-state index in [9.17, 15) is 9.90 Å². The van der Waals surface area contributed by atoms with Crippen LogP contribution < -0.4 is 5.32 Å². The van der Waals surface area contributed by atoms with Crippen molar-refractivity contribution in [3.8, 4) is 5.75 Å². The average Bonchev–Trinajstić information content (AvgIpc) is 3.42. The van der Waals surface area contributed by atoms with Crippen LogP contribution in [0.2, 0.25) is 0 Å². The maximum Gasteiger partial charge on any atom is 0.226 e. The van der Waals surface area contributed by atoms with Crippen LogP contribution in [-0.4, -0.2) is 28.8 Å². The standard InChI is InChI=1S/C28H37N3O3S.C2H6/c1-15-12-22-19(17(3)26(15)33)7-8-21-20(22)10-11-28(4)23(31-34-5)13-18(25(21)28)6-9-24(32)30-27-29-14-16(2)35-27;1-2/h12,14,18,20-21,25,33H,6-11,13H2,1-5H3,(H,29,30,32);1-2H3/b31-23+;. The van der Waals surface area contributed by atoms with Crippen LogP contribution in [0.25, 0.3) is 0 Å². The first kappa shape index (κ1) is 27.6. The third-order valence-corrected chi connectivity index (χ3v) is 9.98. The number of phenolic OH excluding ortho intramolecular Hbond substituents is 1. The first-order valence-corrected chi connectivity index (χ1v) is 14.7. The number of carbonyl (C=O) groups is 1. The predicted octanol–water partition coefficient (Wildman–Crippen LogP) is 7.30. The van der Waals surface area contributed by atoms with Gasteiger partial charge in [-0.3, -0.25) is 4.79 Å². The van der Waals surface area contributed by atoms with E-state index in [0.29, 0.717) is 41.0 Å². The molecule has 2 fully saturated rings. The van der Waals surface area contributed by atoms with Crippen molar-refractivity contribution in [2.45, 2.75) is 92.4 Å². The number of benzene rings is 1. The minimum Gasteiger partial charge on any atom is -0.507 e. The predicted molar refractivity (Wildman–Crippen MR) is 152 cm³/mol. The molecule has 1 heterocycles. The molecule has 1 amide bonds. The van der Waals surface area contributed by atoms with Crippen molar-refractivity contribution < 1.29 is 14.7 Å². The second kappa shape index (κ2) is 11.1. The quantitative estimate of drug-likeness (QED) is 0.401. The van der Waals surface area contributed by atoms with Crippen molar-refractivity contribution in [2.24, 2.45) is 28.3 Å². The summed E-state index contributed by atoms with van der Waals surface area (Å²) in [5.41, 5.74) is 6.04. The molecule has 37 heavy (non-hydrogen) atoms. The number of rotatable bonds is 5.